The van der Waals surface area contributed by atoms with E-state index < -0.39 is 0 Å². The molecule has 0 spiro atoms. The Morgan fingerprint density at radius 3 is 0.822 bits per heavy atom. The third kappa shape index (κ3) is 12.6. The monoisotopic (exact) mass is 1860 g/mol. The van der Waals surface area contributed by atoms with E-state index in [9.17, 15) is 0 Å². The number of methoxy groups -OCH3 is 2. The third-order valence-electron chi connectivity index (χ3n) is 31.2. The highest BCUT2D eigenvalue weighted by Crippen LogP contribution is 2.54. The van der Waals surface area contributed by atoms with E-state index >= 15 is 0 Å². The normalized spacial score (nSPS) is 12.0. The fraction of sp³-hybridized carbons (Fsp3) is 0.0145. The fourth-order valence-corrected chi connectivity index (χ4v) is 24.7. The quantitative estimate of drug-likeness (QED) is 0.130. The number of aromatic nitrogens is 6. The van der Waals surface area contributed by atoms with E-state index in [1.807, 2.05) is 24.3 Å². The van der Waals surface area contributed by atoms with E-state index in [0.717, 1.165) is 22.9 Å². The Morgan fingerprint density at radius 2 is 0.411 bits per heavy atom. The molecule has 0 radical (unpaired) electrons. The van der Waals surface area contributed by atoms with Gasteiger partial charge in [-0.25, -0.2) is 0 Å². The zero-order chi connectivity index (χ0) is 96.0. The average molecular weight is 1860 g/mol. The summed E-state index contributed by atoms with van der Waals surface area (Å²) in [7, 11) is 3.42. The Kier molecular flexibility index (Phi) is 18.5. The van der Waals surface area contributed by atoms with E-state index in [0.29, 0.717) is 0 Å². The van der Waals surface area contributed by atoms with Crippen LogP contribution >= 0.6 is 0 Å². The highest BCUT2D eigenvalue weighted by atomic mass is 16.5. The van der Waals surface area contributed by atoms with E-state index in [1.54, 1.807) is 14.2 Å². The predicted molar refractivity (Wildman–Crippen MR) is 614 cm³/mol. The van der Waals surface area contributed by atoms with Crippen molar-refractivity contribution in [3.8, 4) is 124 Å². The van der Waals surface area contributed by atoms with Crippen LogP contribution < -0.4 is 9.47 Å². The molecule has 2 aliphatic rings. The van der Waals surface area contributed by atoms with Crippen LogP contribution in [0, 0.1) is 0 Å². The van der Waals surface area contributed by atoms with Gasteiger partial charge in [-0.05, 0) is 286 Å². The van der Waals surface area contributed by atoms with Crippen molar-refractivity contribution in [2.45, 2.75) is 0 Å². The number of nitrogens with zero attached hydrogens (tertiary/aromatic N) is 6. The molecule has 0 saturated heterocycles. The van der Waals surface area contributed by atoms with E-state index in [-0.39, 0.29) is 0 Å². The molecular weight excluding hydrogens is 1770 g/mol. The molecule has 0 fully saturated rings. The summed E-state index contributed by atoms with van der Waals surface area (Å²) in [5, 5.41) is 25.3. The Hall–Kier alpha value is -19.3. The molecule has 8 nitrogen and oxygen atoms in total. The van der Waals surface area contributed by atoms with E-state index in [1.165, 1.54) is 275 Å². The summed E-state index contributed by atoms with van der Waals surface area (Å²) >= 11 is 0. The lowest BCUT2D eigenvalue weighted by Gasteiger charge is -2.14. The summed E-state index contributed by atoms with van der Waals surface area (Å²) in [6.45, 7) is 0. The molecule has 0 amide bonds. The zero-order valence-corrected chi connectivity index (χ0v) is 79.8. The highest BCUT2D eigenvalue weighted by Gasteiger charge is 2.30. The molecule has 8 heteroatoms. The minimum atomic E-state index is 0.844. The van der Waals surface area contributed by atoms with Gasteiger partial charge in [-0.3, -0.25) is 0 Å². The summed E-state index contributed by atoms with van der Waals surface area (Å²) in [5.74, 6) is 1.69. The second-order valence-corrected chi connectivity index (χ2v) is 38.8. The smallest absolute Gasteiger partial charge is 0.120 e. The standard InChI is InChI=1S/2C50H30N2.C38H28N2O2/c1-2-13-35(14-3-1)51-45-20-9-8-17-38(45)42-28-33(21-24-47(42)51)34-22-25-48-43(29-34)44-27-31-11-4-5-12-32(31)30-49(44)52(48)46-26-23-40-37-16-7-6-15-36(37)39-18-10-19-41(46)50(39)40;1-2-12-34(13-3-1)51-44-20-9-8-17-38(44)42-29-32(22-25-46(42)51)33-23-26-47-43(30-33)50-35-14-5-4-11-31(35)21-27-48(50)52(47)45-28-24-40-37-16-7-6-15-36(37)39-18-10-19-41(45)49(39)40;1-41-29-11-7-9-27(23-29)39-35-15-5-3-13-31(35)33-21-25(17-19-37(33)39)26-18-20-38-34(22-26)32-14-4-6-16-36(32)40(38)28-10-8-12-30(24-28)42-2/h2*1-30H;3-24H,1-2H3. The van der Waals surface area contributed by atoms with Crippen molar-refractivity contribution in [3.05, 3.63) is 497 Å². The zero-order valence-electron chi connectivity index (χ0n) is 79.8. The summed E-state index contributed by atoms with van der Waals surface area (Å²) in [4.78, 5) is 0. The molecule has 6 heterocycles. The van der Waals surface area contributed by atoms with Gasteiger partial charge in [0.2, 0.25) is 0 Å². The van der Waals surface area contributed by atoms with Crippen LogP contribution in [0.4, 0.5) is 0 Å². The molecule has 682 valence electrons. The molecule has 32 rings (SSSR count). The molecule has 0 bridgehead atoms. The van der Waals surface area contributed by atoms with Crippen LogP contribution in [0.15, 0.2) is 497 Å². The Labute approximate surface area is 840 Å². The number of fused-ring (bicyclic) bond motifs is 27. The van der Waals surface area contributed by atoms with Crippen LogP contribution in [-0.2, 0) is 0 Å². The van der Waals surface area contributed by atoms with Crippen LogP contribution in [0.2, 0.25) is 0 Å². The number of hydrogen-bond acceptors (Lipinski definition) is 2. The number of ether oxygens (including phenoxy) is 2. The first-order chi connectivity index (χ1) is 72.3. The molecule has 0 atom stereocenters. The number of benzene rings is 24. The molecule has 0 N–H and O–H groups in total. The second-order valence-electron chi connectivity index (χ2n) is 38.8. The second kappa shape index (κ2) is 32.7. The Balaban J connectivity index is 0.000000102. The Morgan fingerprint density at radius 1 is 0.137 bits per heavy atom. The van der Waals surface area contributed by atoms with Gasteiger partial charge in [0.15, 0.2) is 0 Å². The number of rotatable bonds is 11. The predicted octanol–water partition coefficient (Wildman–Crippen LogP) is 36.6. The van der Waals surface area contributed by atoms with Gasteiger partial charge >= 0.3 is 0 Å². The summed E-state index contributed by atoms with van der Waals surface area (Å²) in [6.07, 6.45) is 0. The van der Waals surface area contributed by atoms with Crippen LogP contribution in [0.1, 0.15) is 0 Å². The van der Waals surface area contributed by atoms with Gasteiger partial charge in [-0.2, -0.15) is 0 Å². The maximum absolute atomic E-state index is 5.54. The molecule has 30 aromatic rings. The molecule has 0 unspecified atom stereocenters. The summed E-state index contributed by atoms with van der Waals surface area (Å²) in [5.41, 5.74) is 39.2. The van der Waals surface area contributed by atoms with Crippen molar-refractivity contribution < 1.29 is 9.47 Å². The molecule has 146 heavy (non-hydrogen) atoms. The molecule has 24 aromatic carbocycles. The van der Waals surface area contributed by atoms with Gasteiger partial charge in [0.1, 0.15) is 11.5 Å². The van der Waals surface area contributed by atoms with Gasteiger partial charge in [-0.1, -0.05) is 309 Å². The molecular formula is C138H88N6O2. The lowest BCUT2D eigenvalue weighted by atomic mass is 9.99. The number of hydrogen-bond donors (Lipinski definition) is 0. The van der Waals surface area contributed by atoms with E-state index in [4.69, 9.17) is 9.47 Å². The van der Waals surface area contributed by atoms with Crippen molar-refractivity contribution in [1.29, 1.82) is 0 Å². The highest BCUT2D eigenvalue weighted by molar-refractivity contribution is 6.26. The maximum Gasteiger partial charge on any atom is 0.120 e. The van der Waals surface area contributed by atoms with Crippen molar-refractivity contribution in [1.82, 2.24) is 27.4 Å². The van der Waals surface area contributed by atoms with Crippen LogP contribution in [-0.4, -0.2) is 41.6 Å². The minimum Gasteiger partial charge on any atom is -0.497 e. The maximum atomic E-state index is 5.54. The number of para-hydroxylation sites is 6. The van der Waals surface area contributed by atoms with Crippen LogP contribution in [0.5, 0.6) is 11.5 Å². The molecule has 6 aromatic heterocycles. The summed E-state index contributed by atoms with van der Waals surface area (Å²) in [6, 6.07) is 182. The van der Waals surface area contributed by atoms with Gasteiger partial charge in [-0.15, -0.1) is 0 Å². The first-order valence-electron chi connectivity index (χ1n) is 50.1. The Bertz CT molecular complexity index is 10400. The minimum absolute atomic E-state index is 0.844. The topological polar surface area (TPSA) is 48.0 Å². The van der Waals surface area contributed by atoms with Crippen molar-refractivity contribution in [2.75, 3.05) is 14.2 Å². The summed E-state index contributed by atoms with van der Waals surface area (Å²) < 4.78 is 25.5. The van der Waals surface area contributed by atoms with Gasteiger partial charge < -0.3 is 36.9 Å². The fourth-order valence-electron chi connectivity index (χ4n) is 24.7. The molecule has 0 aliphatic heterocycles. The molecule has 0 saturated carbocycles. The average Bonchev–Trinajstić information content (AvgIpc) is 1.55. The van der Waals surface area contributed by atoms with Gasteiger partial charge in [0.05, 0.1) is 91.8 Å². The first-order valence-corrected chi connectivity index (χ1v) is 50.1. The van der Waals surface area contributed by atoms with Crippen molar-refractivity contribution in [3.63, 3.8) is 0 Å². The van der Waals surface area contributed by atoms with Crippen molar-refractivity contribution >= 4 is 174 Å². The van der Waals surface area contributed by atoms with Crippen LogP contribution in [0.3, 0.4) is 0 Å². The third-order valence-corrected chi connectivity index (χ3v) is 31.2. The van der Waals surface area contributed by atoms with Crippen molar-refractivity contribution in [2.24, 2.45) is 0 Å². The lowest BCUT2D eigenvalue weighted by Crippen LogP contribution is -1.96. The van der Waals surface area contributed by atoms with Gasteiger partial charge in [0.25, 0.3) is 0 Å². The van der Waals surface area contributed by atoms with E-state index in [2.05, 4.69) is 501 Å². The molecule has 2 aliphatic carbocycles. The largest absolute Gasteiger partial charge is 0.497 e. The van der Waals surface area contributed by atoms with Gasteiger partial charge in [0, 0.05) is 110 Å². The SMILES string of the molecule is COc1cccc(-n2c3ccccc3c3cc(-c4ccc5c(c4)c4ccccc4n5-c4cccc(OC)c4)ccc32)c1.c1ccc(-n2c3ccccc3c3cc(-c4ccc5c(c4)c4c6ccccc6ccc4n5-c4ccc5c6c(cccc46)-c4ccccc4-5)ccc32)cc1.c1ccc(-n2c3ccccc3c3cc(-c4ccc5c(c4)c4cc6ccccc6cc4n5-c4ccc5c6c(cccc46)-c4ccccc4-5)ccc32)cc1. The first kappa shape index (κ1) is 82.6. The lowest BCUT2D eigenvalue weighted by molar-refractivity contribution is 0.414. The van der Waals surface area contributed by atoms with Crippen LogP contribution in [0.25, 0.3) is 286 Å².